The van der Waals surface area contributed by atoms with Crippen LogP contribution in [0.15, 0.2) is 30.0 Å². The van der Waals surface area contributed by atoms with Crippen LogP contribution in [0, 0.1) is 11.2 Å². The number of benzene rings is 1. The molecule has 0 aliphatic rings. The topological polar surface area (TPSA) is 78.2 Å². The molecule has 6 nitrogen and oxygen atoms in total. The molecule has 24 heavy (non-hydrogen) atoms. The first-order valence-electron chi connectivity index (χ1n) is 6.70. The lowest BCUT2D eigenvalue weighted by molar-refractivity contribution is -0.105. The fourth-order valence-electron chi connectivity index (χ4n) is 2.20. The van der Waals surface area contributed by atoms with E-state index in [0.29, 0.717) is 23.0 Å². The average molecular weight is 460 g/mol. The Morgan fingerprint density at radius 1 is 1.42 bits per heavy atom. The van der Waals surface area contributed by atoms with Gasteiger partial charge in [-0.1, -0.05) is 0 Å². The van der Waals surface area contributed by atoms with Crippen molar-refractivity contribution in [3.63, 3.8) is 0 Å². The molecule has 0 aliphatic heterocycles. The molecule has 1 amide bonds. The van der Waals surface area contributed by atoms with Crippen molar-refractivity contribution in [3.05, 3.63) is 41.5 Å². The number of carbonyl (C=O) groups is 2. The van der Waals surface area contributed by atoms with E-state index in [-0.39, 0.29) is 17.0 Å². The summed E-state index contributed by atoms with van der Waals surface area (Å²) >= 11 is 2.02. The molecule has 0 saturated heterocycles. The number of nitrogens with one attached hydrogen (secondary N) is 2. The van der Waals surface area contributed by atoms with Gasteiger partial charge in [0.15, 0.2) is 0 Å². The Hall–Kier alpha value is -1.88. The Kier molecular flexibility index (Phi) is 5.99. The quantitative estimate of drug-likeness (QED) is 0.218. The SMILES string of the molecule is CN(C)/C=C(\C=N)C(=O)c1cc2cc(F)c(NC=O)cc2n1SI. The number of hydrogen-bond acceptors (Lipinski definition) is 5. The first-order valence-corrected chi connectivity index (χ1v) is 10.0. The second-order valence-corrected chi connectivity index (χ2v) is 6.75. The number of rotatable bonds is 7. The Labute approximate surface area is 154 Å². The highest BCUT2D eigenvalue weighted by Crippen LogP contribution is 2.32. The predicted octanol–water partition coefficient (Wildman–Crippen LogP) is 3.47. The molecule has 1 heterocycles. The normalized spacial score (nSPS) is 11.4. The third-order valence-corrected chi connectivity index (χ3v) is 4.89. The van der Waals surface area contributed by atoms with E-state index in [1.54, 1.807) is 35.2 Å². The van der Waals surface area contributed by atoms with E-state index in [2.05, 4.69) is 5.32 Å². The van der Waals surface area contributed by atoms with Gasteiger partial charge < -0.3 is 15.6 Å². The summed E-state index contributed by atoms with van der Waals surface area (Å²) in [4.78, 5) is 25.0. The molecule has 2 aromatic rings. The first kappa shape index (κ1) is 18.5. The minimum atomic E-state index is -0.583. The number of fused-ring (bicyclic) bond motifs is 1. The molecular formula is C15H14FIN4O2S. The molecule has 126 valence electrons. The largest absolute Gasteiger partial charge is 0.383 e. The molecule has 0 radical (unpaired) electrons. The van der Waals surface area contributed by atoms with Crippen LogP contribution in [-0.2, 0) is 4.79 Å². The molecule has 2 N–H and O–H groups in total. The minimum absolute atomic E-state index is 0.0393. The van der Waals surface area contributed by atoms with Gasteiger partial charge >= 0.3 is 0 Å². The third kappa shape index (κ3) is 3.61. The monoisotopic (exact) mass is 460 g/mol. The van der Waals surface area contributed by atoms with Crippen LogP contribution in [0.5, 0.6) is 0 Å². The van der Waals surface area contributed by atoms with Crippen molar-refractivity contribution in [1.82, 2.24) is 8.87 Å². The van der Waals surface area contributed by atoms with Gasteiger partial charge in [-0.05, 0) is 18.2 Å². The zero-order valence-corrected chi connectivity index (χ0v) is 15.8. The van der Waals surface area contributed by atoms with Gasteiger partial charge in [-0.25, -0.2) is 4.39 Å². The third-order valence-electron chi connectivity index (χ3n) is 3.18. The summed E-state index contributed by atoms with van der Waals surface area (Å²) in [6, 6.07) is 4.31. The van der Waals surface area contributed by atoms with Crippen LogP contribution in [-0.4, -0.2) is 41.4 Å². The summed E-state index contributed by atoms with van der Waals surface area (Å²) in [5.41, 5.74) is 1.17. The Morgan fingerprint density at radius 2 is 2.12 bits per heavy atom. The zero-order valence-electron chi connectivity index (χ0n) is 12.8. The van der Waals surface area contributed by atoms with E-state index in [9.17, 15) is 14.0 Å². The van der Waals surface area contributed by atoms with E-state index in [4.69, 9.17) is 5.41 Å². The summed E-state index contributed by atoms with van der Waals surface area (Å²) in [5.74, 6) is -0.926. The number of Topliss-reactive ketones (excluding diaryl/α,β-unsaturated/α-hetero) is 1. The van der Waals surface area contributed by atoms with Crippen LogP contribution in [0.1, 0.15) is 10.5 Å². The molecule has 0 unspecified atom stereocenters. The second kappa shape index (κ2) is 7.79. The highest BCUT2D eigenvalue weighted by atomic mass is 127. The number of anilines is 1. The lowest BCUT2D eigenvalue weighted by Gasteiger charge is -2.09. The summed E-state index contributed by atoms with van der Waals surface area (Å²) in [6.07, 6.45) is 2.94. The number of allylic oxidation sites excluding steroid dienone is 1. The molecule has 0 atom stereocenters. The van der Waals surface area contributed by atoms with Gasteiger partial charge in [0.05, 0.1) is 16.8 Å². The van der Waals surface area contributed by atoms with Gasteiger partial charge in [-0.15, -0.1) is 0 Å². The van der Waals surface area contributed by atoms with Crippen LogP contribution in [0.25, 0.3) is 10.9 Å². The van der Waals surface area contributed by atoms with Gasteiger partial charge in [0, 0.05) is 62.2 Å². The molecule has 9 heteroatoms. The summed E-state index contributed by atoms with van der Waals surface area (Å²) in [5, 5.41) is 10.3. The van der Waals surface area contributed by atoms with E-state index < -0.39 is 5.82 Å². The Bertz CT molecular complexity index is 848. The van der Waals surface area contributed by atoms with Crippen LogP contribution < -0.4 is 5.32 Å². The maximum Gasteiger partial charge on any atom is 0.213 e. The van der Waals surface area contributed by atoms with Crippen molar-refractivity contribution in [2.75, 3.05) is 19.4 Å². The maximum absolute atomic E-state index is 14.0. The number of amides is 1. The first-order chi connectivity index (χ1) is 11.4. The molecule has 0 spiro atoms. The van der Waals surface area contributed by atoms with E-state index in [1.165, 1.54) is 21.3 Å². The highest BCUT2D eigenvalue weighted by molar-refractivity contribution is 14.2. The fraction of sp³-hybridized carbons (Fsp3) is 0.133. The van der Waals surface area contributed by atoms with Crippen molar-refractivity contribution in [3.8, 4) is 0 Å². The van der Waals surface area contributed by atoms with Crippen LogP contribution >= 0.6 is 30.3 Å². The van der Waals surface area contributed by atoms with Crippen molar-refractivity contribution in [2.45, 2.75) is 0 Å². The van der Waals surface area contributed by atoms with Crippen LogP contribution in [0.2, 0.25) is 0 Å². The number of halogens is 2. The number of hydrogen-bond donors (Lipinski definition) is 2. The second-order valence-electron chi connectivity index (χ2n) is 5.07. The highest BCUT2D eigenvalue weighted by Gasteiger charge is 2.20. The van der Waals surface area contributed by atoms with Crippen LogP contribution in [0.4, 0.5) is 10.1 Å². The van der Waals surface area contributed by atoms with Gasteiger partial charge in [-0.2, -0.15) is 0 Å². The lowest BCUT2D eigenvalue weighted by Crippen LogP contribution is -2.12. The number of ketones is 1. The minimum Gasteiger partial charge on any atom is -0.383 e. The van der Waals surface area contributed by atoms with E-state index in [1.807, 2.05) is 21.2 Å². The van der Waals surface area contributed by atoms with Gasteiger partial charge in [0.25, 0.3) is 0 Å². The molecule has 1 aromatic heterocycles. The molecular weight excluding hydrogens is 446 g/mol. The summed E-state index contributed by atoms with van der Waals surface area (Å²) < 4.78 is 15.6. The predicted molar refractivity (Wildman–Crippen MR) is 103 cm³/mol. The van der Waals surface area contributed by atoms with Gasteiger partial charge in [0.1, 0.15) is 11.5 Å². The van der Waals surface area contributed by atoms with E-state index in [0.717, 1.165) is 6.21 Å². The number of carbonyl (C=O) groups excluding carboxylic acids is 2. The number of nitrogens with zero attached hydrogens (tertiary/aromatic N) is 2. The van der Waals surface area contributed by atoms with Gasteiger partial charge in [0.2, 0.25) is 12.2 Å². The average Bonchev–Trinajstić information content (AvgIpc) is 2.89. The molecule has 0 fully saturated rings. The maximum atomic E-state index is 14.0. The molecule has 1 aromatic carbocycles. The zero-order chi connectivity index (χ0) is 17.9. The summed E-state index contributed by atoms with van der Waals surface area (Å²) in [6.45, 7) is 0. The lowest BCUT2D eigenvalue weighted by atomic mass is 10.1. The molecule has 0 bridgehead atoms. The van der Waals surface area contributed by atoms with Crippen LogP contribution in [0.3, 0.4) is 0 Å². The van der Waals surface area contributed by atoms with Gasteiger partial charge in [-0.3, -0.25) is 13.6 Å². The summed E-state index contributed by atoms with van der Waals surface area (Å²) in [7, 11) is 4.76. The van der Waals surface area contributed by atoms with Crippen molar-refractivity contribution < 1.29 is 14.0 Å². The smallest absolute Gasteiger partial charge is 0.213 e. The molecule has 2 rings (SSSR count). The van der Waals surface area contributed by atoms with E-state index >= 15 is 0 Å². The Balaban J connectivity index is 2.64. The number of aromatic nitrogens is 1. The van der Waals surface area contributed by atoms with Crippen molar-refractivity contribution in [2.24, 2.45) is 0 Å². The standard InChI is InChI=1S/C15H14FIN4O2S/c1-20(2)7-10(6-18)15(23)14-4-9-3-11(16)12(19-8-22)5-13(9)21(14)24-17/h3-8,18H,1-2H3,(H,19,22)/b10-7+,18-6?. The molecule has 0 aliphatic carbocycles. The Morgan fingerprint density at radius 3 is 2.67 bits per heavy atom. The molecule has 0 saturated carbocycles. The van der Waals surface area contributed by atoms with Crippen molar-refractivity contribution in [1.29, 1.82) is 5.41 Å². The fourth-order valence-corrected chi connectivity index (χ4v) is 3.91. The van der Waals surface area contributed by atoms with Crippen molar-refractivity contribution >= 4 is 65.3 Å².